The van der Waals surface area contributed by atoms with Gasteiger partial charge in [-0.1, -0.05) is 12.1 Å². The van der Waals surface area contributed by atoms with Crippen LogP contribution >= 0.6 is 0 Å². The lowest BCUT2D eigenvalue weighted by Gasteiger charge is -2.03. The monoisotopic (exact) mass is 271 g/mol. The van der Waals surface area contributed by atoms with Gasteiger partial charge in [0, 0.05) is 23.5 Å². The summed E-state index contributed by atoms with van der Waals surface area (Å²) in [6.07, 6.45) is 3.87. The molecule has 0 N–H and O–H groups in total. The average molecular weight is 271 g/mol. The van der Waals surface area contributed by atoms with Crippen LogP contribution in [-0.4, -0.2) is 21.8 Å². The molecule has 0 saturated carbocycles. The van der Waals surface area contributed by atoms with E-state index in [9.17, 15) is 0 Å². The molecule has 5 nitrogen and oxygen atoms in total. The maximum absolute atomic E-state index is 5.23. The van der Waals surface area contributed by atoms with E-state index in [1.54, 1.807) is 7.11 Å². The van der Waals surface area contributed by atoms with Gasteiger partial charge in [-0.05, 0) is 30.7 Å². The van der Waals surface area contributed by atoms with E-state index in [1.165, 1.54) is 0 Å². The Hall–Kier alpha value is -2.30. The molecule has 0 atom stereocenters. The third kappa shape index (κ3) is 2.39. The van der Waals surface area contributed by atoms with Crippen molar-refractivity contribution in [2.75, 3.05) is 7.11 Å². The minimum absolute atomic E-state index is 0.614. The van der Waals surface area contributed by atoms with Crippen LogP contribution in [-0.2, 0) is 13.0 Å². The van der Waals surface area contributed by atoms with Crippen LogP contribution in [0.3, 0.4) is 0 Å². The highest BCUT2D eigenvalue weighted by Crippen LogP contribution is 2.22. The predicted molar refractivity (Wildman–Crippen MR) is 75.9 cm³/mol. The first-order valence-electron chi connectivity index (χ1n) is 6.74. The molecule has 0 fully saturated rings. The summed E-state index contributed by atoms with van der Waals surface area (Å²) in [4.78, 5) is 4.39. The smallest absolute Gasteiger partial charge is 0.226 e. The quantitative estimate of drug-likeness (QED) is 0.715. The van der Waals surface area contributed by atoms with Gasteiger partial charge in [0.25, 0.3) is 0 Å². The SMILES string of the molecule is CCCc1nc(Cn2ccc3cc(OC)ccc32)no1. The molecule has 0 aliphatic rings. The number of rotatable bonds is 5. The largest absolute Gasteiger partial charge is 0.497 e. The topological polar surface area (TPSA) is 53.1 Å². The molecular formula is C15H17N3O2. The number of nitrogens with zero attached hydrogens (tertiary/aromatic N) is 3. The summed E-state index contributed by atoms with van der Waals surface area (Å²) in [5.74, 6) is 2.28. The molecule has 0 unspecified atom stereocenters. The van der Waals surface area contributed by atoms with E-state index in [1.807, 2.05) is 24.4 Å². The summed E-state index contributed by atoms with van der Waals surface area (Å²) in [5, 5.41) is 5.16. The minimum Gasteiger partial charge on any atom is -0.497 e. The van der Waals surface area contributed by atoms with Gasteiger partial charge in [-0.3, -0.25) is 0 Å². The summed E-state index contributed by atoms with van der Waals surface area (Å²) in [5.41, 5.74) is 1.13. The van der Waals surface area contributed by atoms with E-state index >= 15 is 0 Å². The second kappa shape index (κ2) is 5.36. The normalized spacial score (nSPS) is 11.1. The fourth-order valence-corrected chi connectivity index (χ4v) is 2.27. The number of methoxy groups -OCH3 is 1. The Kier molecular flexibility index (Phi) is 3.41. The lowest BCUT2D eigenvalue weighted by Crippen LogP contribution is -2.00. The summed E-state index contributed by atoms with van der Waals surface area (Å²) in [7, 11) is 1.67. The summed E-state index contributed by atoms with van der Waals surface area (Å²) < 4.78 is 12.5. The Balaban J connectivity index is 1.86. The van der Waals surface area contributed by atoms with E-state index in [0.29, 0.717) is 18.3 Å². The summed E-state index contributed by atoms with van der Waals surface area (Å²) in [6.45, 7) is 2.71. The number of hydrogen-bond donors (Lipinski definition) is 0. The molecule has 1 aromatic carbocycles. The Morgan fingerprint density at radius 1 is 1.30 bits per heavy atom. The second-order valence-electron chi connectivity index (χ2n) is 4.72. The van der Waals surface area contributed by atoms with Crippen molar-refractivity contribution in [3.8, 4) is 5.75 Å². The zero-order valence-corrected chi connectivity index (χ0v) is 11.7. The number of fused-ring (bicyclic) bond motifs is 1. The molecule has 0 aliphatic heterocycles. The fraction of sp³-hybridized carbons (Fsp3) is 0.333. The van der Waals surface area contributed by atoms with Crippen molar-refractivity contribution in [3.63, 3.8) is 0 Å². The molecule has 3 aromatic rings. The van der Waals surface area contributed by atoms with Crippen molar-refractivity contribution >= 4 is 10.9 Å². The van der Waals surface area contributed by atoms with Crippen LogP contribution in [0.15, 0.2) is 35.0 Å². The van der Waals surface area contributed by atoms with Gasteiger partial charge in [0.15, 0.2) is 5.82 Å². The van der Waals surface area contributed by atoms with Crippen molar-refractivity contribution in [3.05, 3.63) is 42.2 Å². The number of aromatic nitrogens is 3. The van der Waals surface area contributed by atoms with Gasteiger partial charge in [-0.15, -0.1) is 0 Å². The predicted octanol–water partition coefficient (Wildman–Crippen LogP) is 3.03. The highest BCUT2D eigenvalue weighted by atomic mass is 16.5. The summed E-state index contributed by atoms with van der Waals surface area (Å²) >= 11 is 0. The van der Waals surface area contributed by atoms with Crippen LogP contribution < -0.4 is 4.74 Å². The van der Waals surface area contributed by atoms with Crippen molar-refractivity contribution < 1.29 is 9.26 Å². The van der Waals surface area contributed by atoms with E-state index in [2.05, 4.69) is 27.7 Å². The molecule has 0 radical (unpaired) electrons. The highest BCUT2D eigenvalue weighted by Gasteiger charge is 2.08. The highest BCUT2D eigenvalue weighted by molar-refractivity contribution is 5.81. The van der Waals surface area contributed by atoms with E-state index < -0.39 is 0 Å². The summed E-state index contributed by atoms with van der Waals surface area (Å²) in [6, 6.07) is 8.08. The van der Waals surface area contributed by atoms with Gasteiger partial charge in [0.05, 0.1) is 13.7 Å². The lowest BCUT2D eigenvalue weighted by molar-refractivity contribution is 0.371. The van der Waals surface area contributed by atoms with E-state index in [4.69, 9.17) is 9.26 Å². The van der Waals surface area contributed by atoms with Crippen LogP contribution in [0.5, 0.6) is 5.75 Å². The van der Waals surface area contributed by atoms with Crippen molar-refractivity contribution in [1.82, 2.24) is 14.7 Å². The molecule has 20 heavy (non-hydrogen) atoms. The van der Waals surface area contributed by atoms with Crippen LogP contribution in [0.2, 0.25) is 0 Å². The molecule has 2 aromatic heterocycles. The molecule has 5 heteroatoms. The first-order valence-corrected chi connectivity index (χ1v) is 6.74. The standard InChI is InChI=1S/C15H17N3O2/c1-3-4-15-16-14(17-20-15)10-18-8-7-11-9-12(19-2)5-6-13(11)18/h5-9H,3-4,10H2,1-2H3. The van der Waals surface area contributed by atoms with Gasteiger partial charge in [-0.25, -0.2) is 0 Å². The second-order valence-corrected chi connectivity index (χ2v) is 4.72. The number of benzene rings is 1. The number of aryl methyl sites for hydroxylation is 1. The maximum atomic E-state index is 5.23. The average Bonchev–Trinajstić information content (AvgIpc) is 3.07. The molecule has 0 amide bonds. The molecule has 0 aliphatic carbocycles. The Morgan fingerprint density at radius 2 is 2.20 bits per heavy atom. The number of ether oxygens (including phenoxy) is 1. The van der Waals surface area contributed by atoms with Gasteiger partial charge in [0.1, 0.15) is 5.75 Å². The number of hydrogen-bond acceptors (Lipinski definition) is 4. The molecule has 2 heterocycles. The maximum Gasteiger partial charge on any atom is 0.226 e. The molecule has 0 bridgehead atoms. The van der Waals surface area contributed by atoms with Crippen molar-refractivity contribution in [2.45, 2.75) is 26.3 Å². The third-order valence-corrected chi connectivity index (χ3v) is 3.26. The molecule has 0 saturated heterocycles. The molecular weight excluding hydrogens is 254 g/mol. The zero-order chi connectivity index (χ0) is 13.9. The molecule has 3 rings (SSSR count). The first-order chi connectivity index (χ1) is 9.80. The molecule has 0 spiro atoms. The first kappa shape index (κ1) is 12.7. The molecule has 104 valence electrons. The minimum atomic E-state index is 0.614. The van der Waals surface area contributed by atoms with Crippen LogP contribution in [0.1, 0.15) is 25.1 Å². The fourth-order valence-electron chi connectivity index (χ4n) is 2.27. The van der Waals surface area contributed by atoms with Gasteiger partial charge >= 0.3 is 0 Å². The van der Waals surface area contributed by atoms with Crippen LogP contribution in [0.4, 0.5) is 0 Å². The lowest BCUT2D eigenvalue weighted by atomic mass is 10.2. The van der Waals surface area contributed by atoms with Crippen LogP contribution in [0.25, 0.3) is 10.9 Å². The van der Waals surface area contributed by atoms with Gasteiger partial charge in [0.2, 0.25) is 5.89 Å². The van der Waals surface area contributed by atoms with Gasteiger partial charge in [-0.2, -0.15) is 4.98 Å². The Bertz CT molecular complexity index is 715. The van der Waals surface area contributed by atoms with E-state index in [0.717, 1.165) is 29.5 Å². The van der Waals surface area contributed by atoms with Crippen LogP contribution in [0, 0.1) is 0 Å². The Morgan fingerprint density at radius 3 is 3.00 bits per heavy atom. The van der Waals surface area contributed by atoms with Gasteiger partial charge < -0.3 is 13.8 Å². The third-order valence-electron chi connectivity index (χ3n) is 3.26. The Labute approximate surface area is 117 Å². The van der Waals surface area contributed by atoms with Crippen molar-refractivity contribution in [2.24, 2.45) is 0 Å². The zero-order valence-electron chi connectivity index (χ0n) is 11.7. The van der Waals surface area contributed by atoms with E-state index in [-0.39, 0.29) is 0 Å². The van der Waals surface area contributed by atoms with Crippen molar-refractivity contribution in [1.29, 1.82) is 0 Å².